The first-order valence-electron chi connectivity index (χ1n) is 7.01. The first-order valence-corrected chi connectivity index (χ1v) is 7.01. The summed E-state index contributed by atoms with van der Waals surface area (Å²) in [5, 5.41) is 3.26. The number of ketones is 1. The highest BCUT2D eigenvalue weighted by Crippen LogP contribution is 2.22. The Morgan fingerprint density at radius 1 is 1.19 bits per heavy atom. The predicted octanol–water partition coefficient (Wildman–Crippen LogP) is 2.49. The van der Waals surface area contributed by atoms with Crippen molar-refractivity contribution < 1.29 is 14.0 Å². The Labute approximate surface area is 121 Å². The minimum absolute atomic E-state index is 0.0519. The zero-order chi connectivity index (χ0) is 14.8. The highest BCUT2D eigenvalue weighted by atomic mass is 16.4. The van der Waals surface area contributed by atoms with Crippen LogP contribution in [0.5, 0.6) is 0 Å². The fourth-order valence-electron chi connectivity index (χ4n) is 2.63. The zero-order valence-corrected chi connectivity index (χ0v) is 11.4. The van der Waals surface area contributed by atoms with Crippen LogP contribution in [0.3, 0.4) is 0 Å². The first kappa shape index (κ1) is 13.5. The summed E-state index contributed by atoms with van der Waals surface area (Å²) in [6.45, 7) is 0. The van der Waals surface area contributed by atoms with Crippen LogP contribution in [0.25, 0.3) is 11.0 Å². The van der Waals surface area contributed by atoms with Gasteiger partial charge in [0.1, 0.15) is 17.1 Å². The van der Waals surface area contributed by atoms with Crippen molar-refractivity contribution in [1.82, 2.24) is 0 Å². The Bertz CT molecular complexity index is 762. The minimum Gasteiger partial charge on any atom is -0.421 e. The first-order chi connectivity index (χ1) is 10.1. The number of Topliss-reactive ketones (excluding diaryl/α,β-unsaturated/α-hetero) is 1. The van der Waals surface area contributed by atoms with Gasteiger partial charge in [-0.25, -0.2) is 4.79 Å². The Morgan fingerprint density at radius 2 is 2.00 bits per heavy atom. The van der Waals surface area contributed by atoms with Crippen LogP contribution in [0, 0.1) is 5.92 Å². The van der Waals surface area contributed by atoms with Crippen LogP contribution in [0.2, 0.25) is 0 Å². The molecule has 1 N–H and O–H groups in total. The third-order valence-corrected chi connectivity index (χ3v) is 3.77. The number of rotatable bonds is 2. The topological polar surface area (TPSA) is 76.4 Å². The van der Waals surface area contributed by atoms with Crippen LogP contribution in [0.1, 0.15) is 25.7 Å². The van der Waals surface area contributed by atoms with Gasteiger partial charge in [-0.15, -0.1) is 0 Å². The summed E-state index contributed by atoms with van der Waals surface area (Å²) in [4.78, 5) is 35.8. The normalized spacial score (nSPS) is 18.7. The molecule has 1 aromatic carbocycles. The van der Waals surface area contributed by atoms with Crippen molar-refractivity contribution in [2.75, 3.05) is 5.32 Å². The van der Waals surface area contributed by atoms with Crippen molar-refractivity contribution in [3.8, 4) is 0 Å². The van der Waals surface area contributed by atoms with Crippen molar-refractivity contribution in [2.24, 2.45) is 5.92 Å². The number of amides is 1. The van der Waals surface area contributed by atoms with E-state index in [1.165, 1.54) is 0 Å². The molecule has 1 saturated carbocycles. The molecule has 2 aromatic rings. The summed E-state index contributed by atoms with van der Waals surface area (Å²) in [7, 11) is 0. The maximum atomic E-state index is 12.2. The van der Waals surface area contributed by atoms with Crippen LogP contribution >= 0.6 is 0 Å². The monoisotopic (exact) mass is 285 g/mol. The fraction of sp³-hybridized carbons (Fsp3) is 0.312. The third kappa shape index (κ3) is 2.72. The molecule has 5 nitrogen and oxygen atoms in total. The molecule has 1 unspecified atom stereocenters. The van der Waals surface area contributed by atoms with Gasteiger partial charge in [0.15, 0.2) is 0 Å². The largest absolute Gasteiger partial charge is 0.421 e. The fourth-order valence-corrected chi connectivity index (χ4v) is 2.63. The van der Waals surface area contributed by atoms with E-state index in [-0.39, 0.29) is 11.5 Å². The molecule has 1 amide bonds. The van der Waals surface area contributed by atoms with Gasteiger partial charge in [0.05, 0.1) is 5.92 Å². The van der Waals surface area contributed by atoms with Crippen molar-refractivity contribution >= 4 is 28.3 Å². The second kappa shape index (κ2) is 5.52. The van der Waals surface area contributed by atoms with Gasteiger partial charge < -0.3 is 9.73 Å². The number of anilines is 1. The van der Waals surface area contributed by atoms with E-state index in [1.807, 2.05) is 6.07 Å². The van der Waals surface area contributed by atoms with Crippen molar-refractivity contribution in [2.45, 2.75) is 25.7 Å². The lowest BCUT2D eigenvalue weighted by atomic mass is 9.87. The minimum atomic E-state index is -0.648. The van der Waals surface area contributed by atoms with E-state index >= 15 is 0 Å². The molecule has 5 heteroatoms. The van der Waals surface area contributed by atoms with Gasteiger partial charge in [-0.2, -0.15) is 0 Å². The van der Waals surface area contributed by atoms with Gasteiger partial charge >= 0.3 is 5.63 Å². The maximum absolute atomic E-state index is 12.2. The lowest BCUT2D eigenvalue weighted by Gasteiger charge is -2.19. The molecule has 1 fully saturated rings. The maximum Gasteiger partial charge on any atom is 0.360 e. The van der Waals surface area contributed by atoms with Crippen LogP contribution in [0.15, 0.2) is 39.5 Å². The summed E-state index contributed by atoms with van der Waals surface area (Å²) in [6.07, 6.45) is 2.67. The lowest BCUT2D eigenvalue weighted by Crippen LogP contribution is -2.33. The number of hydrogen-bond donors (Lipinski definition) is 1. The van der Waals surface area contributed by atoms with E-state index in [1.54, 1.807) is 24.3 Å². The number of para-hydroxylation sites is 1. The molecular weight excluding hydrogens is 270 g/mol. The molecule has 1 atom stereocenters. The Balaban J connectivity index is 1.87. The second-order valence-corrected chi connectivity index (χ2v) is 5.24. The molecule has 0 bridgehead atoms. The van der Waals surface area contributed by atoms with Gasteiger partial charge in [-0.1, -0.05) is 24.6 Å². The van der Waals surface area contributed by atoms with Crippen molar-refractivity contribution in [1.29, 1.82) is 0 Å². The molecule has 0 spiro atoms. The molecule has 108 valence electrons. The number of fused-ring (bicyclic) bond motifs is 1. The molecule has 1 aliphatic carbocycles. The molecule has 0 saturated heterocycles. The Hall–Kier alpha value is -2.43. The summed E-state index contributed by atoms with van der Waals surface area (Å²) in [5.74, 6) is -1.11. The number of benzene rings is 1. The Morgan fingerprint density at radius 3 is 2.81 bits per heavy atom. The zero-order valence-electron chi connectivity index (χ0n) is 11.4. The highest BCUT2D eigenvalue weighted by molar-refractivity contribution is 6.07. The van der Waals surface area contributed by atoms with Gasteiger partial charge in [0, 0.05) is 11.8 Å². The van der Waals surface area contributed by atoms with Crippen molar-refractivity contribution in [3.63, 3.8) is 0 Å². The van der Waals surface area contributed by atoms with Crippen LogP contribution in [-0.4, -0.2) is 11.7 Å². The summed E-state index contributed by atoms with van der Waals surface area (Å²) >= 11 is 0. The van der Waals surface area contributed by atoms with Crippen LogP contribution in [0.4, 0.5) is 5.69 Å². The third-order valence-electron chi connectivity index (χ3n) is 3.77. The summed E-state index contributed by atoms with van der Waals surface area (Å²) < 4.78 is 5.15. The molecule has 21 heavy (non-hydrogen) atoms. The lowest BCUT2D eigenvalue weighted by molar-refractivity contribution is -0.132. The smallest absolute Gasteiger partial charge is 0.360 e. The van der Waals surface area contributed by atoms with E-state index < -0.39 is 17.5 Å². The average Bonchev–Trinajstić information content (AvgIpc) is 2.48. The molecule has 1 aromatic heterocycles. The standard InChI is InChI=1S/C16H15NO4/c18-13-7-3-2-6-11(13)15(19)17-12-9-10-5-1-4-8-14(10)21-16(12)20/h1,4-5,8-9,11H,2-3,6-7H2,(H,17,19). The SMILES string of the molecule is O=C1CCCCC1C(=O)Nc1cc2ccccc2oc1=O. The molecule has 0 aliphatic heterocycles. The van der Waals surface area contributed by atoms with E-state index in [0.717, 1.165) is 18.2 Å². The quantitative estimate of drug-likeness (QED) is 0.679. The summed E-state index contributed by atoms with van der Waals surface area (Å²) in [5.41, 5.74) is -0.0587. The number of carbonyl (C=O) groups is 2. The number of nitrogens with one attached hydrogen (secondary N) is 1. The van der Waals surface area contributed by atoms with E-state index in [2.05, 4.69) is 5.32 Å². The molecule has 3 rings (SSSR count). The predicted molar refractivity (Wildman–Crippen MR) is 78.1 cm³/mol. The van der Waals surface area contributed by atoms with Crippen LogP contribution < -0.4 is 10.9 Å². The van der Waals surface area contributed by atoms with Gasteiger partial charge in [0.25, 0.3) is 0 Å². The summed E-state index contributed by atoms with van der Waals surface area (Å²) in [6, 6.07) is 8.64. The highest BCUT2D eigenvalue weighted by Gasteiger charge is 2.29. The van der Waals surface area contributed by atoms with E-state index in [9.17, 15) is 14.4 Å². The molecular formula is C16H15NO4. The number of hydrogen-bond acceptors (Lipinski definition) is 4. The van der Waals surface area contributed by atoms with Gasteiger partial charge in [-0.05, 0) is 25.0 Å². The number of carbonyl (C=O) groups excluding carboxylic acids is 2. The van der Waals surface area contributed by atoms with Gasteiger partial charge in [0.2, 0.25) is 5.91 Å². The van der Waals surface area contributed by atoms with E-state index in [0.29, 0.717) is 18.4 Å². The van der Waals surface area contributed by atoms with E-state index in [4.69, 9.17) is 4.42 Å². The Kier molecular flexibility index (Phi) is 3.56. The molecule has 0 radical (unpaired) electrons. The van der Waals surface area contributed by atoms with Crippen molar-refractivity contribution in [3.05, 3.63) is 40.8 Å². The van der Waals surface area contributed by atoms with Crippen LogP contribution in [-0.2, 0) is 9.59 Å². The molecule has 1 aliphatic rings. The average molecular weight is 285 g/mol. The van der Waals surface area contributed by atoms with Gasteiger partial charge in [-0.3, -0.25) is 9.59 Å². The second-order valence-electron chi connectivity index (χ2n) is 5.24. The molecule has 1 heterocycles.